The molecule has 0 N–H and O–H groups in total. The Bertz CT molecular complexity index is 618. The molecule has 2 aromatic heterocycles. The maximum atomic E-state index is 12.4. The number of thioether (sulfide) groups is 1. The molecule has 7 heteroatoms. The molecule has 0 aromatic carbocycles. The zero-order chi connectivity index (χ0) is 15.5. The summed E-state index contributed by atoms with van der Waals surface area (Å²) < 4.78 is 10.7. The van der Waals surface area contributed by atoms with E-state index in [1.807, 2.05) is 11.8 Å². The highest BCUT2D eigenvalue weighted by molar-refractivity contribution is 8.00. The molecule has 0 bridgehead atoms. The molecule has 2 aromatic rings. The first kappa shape index (κ1) is 15.1. The van der Waals surface area contributed by atoms with Gasteiger partial charge in [0.25, 0.3) is 11.1 Å². The van der Waals surface area contributed by atoms with Crippen molar-refractivity contribution < 1.29 is 13.6 Å². The summed E-state index contributed by atoms with van der Waals surface area (Å²) in [6, 6.07) is 3.52. The first-order chi connectivity index (χ1) is 10.6. The van der Waals surface area contributed by atoms with E-state index in [9.17, 15) is 4.79 Å². The minimum absolute atomic E-state index is 0.134. The highest BCUT2D eigenvalue weighted by Crippen LogP contribution is 2.28. The number of carbonyl (C=O) groups excluding carboxylic acids is 1. The Morgan fingerprint density at radius 2 is 2.18 bits per heavy atom. The molecule has 0 unspecified atom stereocenters. The summed E-state index contributed by atoms with van der Waals surface area (Å²) in [6.07, 6.45) is 3.70. The van der Waals surface area contributed by atoms with Crippen molar-refractivity contribution in [2.75, 3.05) is 13.1 Å². The molecule has 22 heavy (non-hydrogen) atoms. The molecule has 6 nitrogen and oxygen atoms in total. The largest absolute Gasteiger partial charge is 0.459 e. The molecule has 1 aliphatic heterocycles. The summed E-state index contributed by atoms with van der Waals surface area (Å²) in [5.74, 6) is 1.70. The van der Waals surface area contributed by atoms with Crippen LogP contribution in [0.3, 0.4) is 0 Å². The van der Waals surface area contributed by atoms with Crippen LogP contribution < -0.4 is 0 Å². The van der Waals surface area contributed by atoms with Crippen LogP contribution in [-0.2, 0) is 4.79 Å². The van der Waals surface area contributed by atoms with Crippen molar-refractivity contribution in [3.05, 3.63) is 18.4 Å². The zero-order valence-electron chi connectivity index (χ0n) is 12.7. The first-order valence-corrected chi connectivity index (χ1v) is 8.34. The minimum atomic E-state index is -0.238. The number of carbonyl (C=O) groups is 1. The van der Waals surface area contributed by atoms with Crippen LogP contribution in [0, 0.1) is 5.92 Å². The Morgan fingerprint density at radius 3 is 2.86 bits per heavy atom. The van der Waals surface area contributed by atoms with Crippen molar-refractivity contribution in [2.45, 2.75) is 37.2 Å². The third kappa shape index (κ3) is 3.35. The minimum Gasteiger partial charge on any atom is -0.459 e. The monoisotopic (exact) mass is 321 g/mol. The molecule has 1 atom stereocenters. The first-order valence-electron chi connectivity index (χ1n) is 7.46. The number of aromatic nitrogens is 2. The number of likely N-dealkylation sites (tertiary alicyclic amines) is 1. The van der Waals surface area contributed by atoms with Gasteiger partial charge in [0.15, 0.2) is 5.76 Å². The van der Waals surface area contributed by atoms with Crippen LogP contribution in [0.4, 0.5) is 0 Å². The molecular weight excluding hydrogens is 302 g/mol. The second-order valence-corrected chi connectivity index (χ2v) is 6.91. The van der Waals surface area contributed by atoms with Crippen molar-refractivity contribution in [1.29, 1.82) is 0 Å². The van der Waals surface area contributed by atoms with E-state index in [4.69, 9.17) is 8.83 Å². The molecule has 0 saturated carbocycles. The van der Waals surface area contributed by atoms with Crippen LogP contribution in [0.5, 0.6) is 0 Å². The van der Waals surface area contributed by atoms with Gasteiger partial charge in [-0.05, 0) is 37.8 Å². The molecule has 1 saturated heterocycles. The molecule has 1 fully saturated rings. The summed E-state index contributed by atoms with van der Waals surface area (Å²) in [5.41, 5.74) is 0. The molecule has 1 aliphatic rings. The fourth-order valence-electron chi connectivity index (χ4n) is 2.44. The van der Waals surface area contributed by atoms with Crippen molar-refractivity contribution in [1.82, 2.24) is 15.1 Å². The van der Waals surface area contributed by atoms with Crippen molar-refractivity contribution in [2.24, 2.45) is 5.92 Å². The summed E-state index contributed by atoms with van der Waals surface area (Å²) in [5, 5.41) is 8.05. The number of rotatable bonds is 4. The van der Waals surface area contributed by atoms with Gasteiger partial charge in [-0.2, -0.15) is 0 Å². The van der Waals surface area contributed by atoms with Crippen molar-refractivity contribution in [3.8, 4) is 11.7 Å². The van der Waals surface area contributed by atoms with Gasteiger partial charge in [0.05, 0.1) is 11.5 Å². The van der Waals surface area contributed by atoms with Gasteiger partial charge in [0, 0.05) is 13.1 Å². The van der Waals surface area contributed by atoms with Crippen LogP contribution in [0.2, 0.25) is 0 Å². The lowest BCUT2D eigenvalue weighted by atomic mass is 9.99. The SMILES string of the molecule is CC1CCN(C(=O)[C@@H](C)Sc2nnc(-c3ccco3)o2)CC1. The number of hydrogen-bond donors (Lipinski definition) is 0. The molecule has 0 radical (unpaired) electrons. The van der Waals surface area contributed by atoms with Crippen molar-refractivity contribution >= 4 is 17.7 Å². The van der Waals surface area contributed by atoms with Crippen LogP contribution in [0.15, 0.2) is 32.5 Å². The molecule has 118 valence electrons. The number of nitrogens with zero attached hydrogens (tertiary/aromatic N) is 3. The summed E-state index contributed by atoms with van der Waals surface area (Å²) in [7, 11) is 0. The van der Waals surface area contributed by atoms with Gasteiger partial charge in [-0.3, -0.25) is 4.79 Å². The van der Waals surface area contributed by atoms with Gasteiger partial charge in [-0.1, -0.05) is 18.7 Å². The maximum absolute atomic E-state index is 12.4. The van der Waals surface area contributed by atoms with Gasteiger partial charge in [0.2, 0.25) is 5.91 Å². The molecule has 1 amide bonds. The van der Waals surface area contributed by atoms with Gasteiger partial charge in [0.1, 0.15) is 0 Å². The highest BCUT2D eigenvalue weighted by Gasteiger charge is 2.26. The molecular formula is C15H19N3O3S. The molecule has 0 spiro atoms. The van der Waals surface area contributed by atoms with Crippen LogP contribution in [0.1, 0.15) is 26.7 Å². The fraction of sp³-hybridized carbons (Fsp3) is 0.533. The lowest BCUT2D eigenvalue weighted by Gasteiger charge is -2.31. The van der Waals surface area contributed by atoms with E-state index < -0.39 is 0 Å². The van der Waals surface area contributed by atoms with Gasteiger partial charge in [-0.15, -0.1) is 10.2 Å². The summed E-state index contributed by atoms with van der Waals surface area (Å²) in [6.45, 7) is 5.79. The highest BCUT2D eigenvalue weighted by atomic mass is 32.2. The normalized spacial score (nSPS) is 17.6. The van der Waals surface area contributed by atoms with E-state index in [1.165, 1.54) is 11.8 Å². The van der Waals surface area contributed by atoms with Crippen molar-refractivity contribution in [3.63, 3.8) is 0 Å². The third-order valence-corrected chi connectivity index (χ3v) is 4.78. The molecule has 3 heterocycles. The standard InChI is InChI=1S/C15H19N3O3S/c1-10-5-7-18(8-6-10)14(19)11(2)22-15-17-16-13(21-15)12-4-3-9-20-12/h3-4,9-11H,5-8H2,1-2H3/t11-/m1/s1. The Balaban J connectivity index is 1.59. The smallest absolute Gasteiger partial charge is 0.284 e. The predicted molar refractivity (Wildman–Crippen MR) is 82.3 cm³/mol. The predicted octanol–water partition coefficient (Wildman–Crippen LogP) is 3.07. The zero-order valence-corrected chi connectivity index (χ0v) is 13.5. The van der Waals surface area contributed by atoms with E-state index in [2.05, 4.69) is 17.1 Å². The Morgan fingerprint density at radius 1 is 1.41 bits per heavy atom. The van der Waals surface area contributed by atoms with Crippen LogP contribution >= 0.6 is 11.8 Å². The third-order valence-electron chi connectivity index (χ3n) is 3.86. The lowest BCUT2D eigenvalue weighted by molar-refractivity contribution is -0.131. The summed E-state index contributed by atoms with van der Waals surface area (Å²) in [4.78, 5) is 14.4. The second kappa shape index (κ2) is 6.56. The second-order valence-electron chi connectivity index (χ2n) is 5.62. The lowest BCUT2D eigenvalue weighted by Crippen LogP contribution is -2.41. The van der Waals surface area contributed by atoms with E-state index in [0.29, 0.717) is 22.8 Å². The van der Waals surface area contributed by atoms with Gasteiger partial charge in [-0.25, -0.2) is 0 Å². The average molecular weight is 321 g/mol. The topological polar surface area (TPSA) is 72.4 Å². The quantitative estimate of drug-likeness (QED) is 0.806. The maximum Gasteiger partial charge on any atom is 0.284 e. The van der Waals surface area contributed by atoms with E-state index >= 15 is 0 Å². The van der Waals surface area contributed by atoms with E-state index in [0.717, 1.165) is 25.9 Å². The average Bonchev–Trinajstić information content (AvgIpc) is 3.18. The number of hydrogen-bond acceptors (Lipinski definition) is 6. The van der Waals surface area contributed by atoms with Crippen LogP contribution in [-0.4, -0.2) is 39.3 Å². The Labute approximate surface area is 133 Å². The van der Waals surface area contributed by atoms with Gasteiger partial charge < -0.3 is 13.7 Å². The molecule has 3 rings (SSSR count). The van der Waals surface area contributed by atoms with Gasteiger partial charge >= 0.3 is 0 Å². The van der Waals surface area contributed by atoms with Crippen LogP contribution in [0.25, 0.3) is 11.7 Å². The van der Waals surface area contributed by atoms with E-state index in [1.54, 1.807) is 18.4 Å². The summed E-state index contributed by atoms with van der Waals surface area (Å²) >= 11 is 1.29. The van der Waals surface area contributed by atoms with E-state index in [-0.39, 0.29) is 11.2 Å². The Kier molecular flexibility index (Phi) is 4.52. The Hall–Kier alpha value is -1.76. The molecule has 0 aliphatic carbocycles. The number of amides is 1. The number of furan rings is 1. The number of piperidine rings is 1. The fourth-order valence-corrected chi connectivity index (χ4v) is 3.21.